The summed E-state index contributed by atoms with van der Waals surface area (Å²) in [6.45, 7) is 4.31. The van der Waals surface area contributed by atoms with Crippen LogP contribution in [-0.2, 0) is 9.53 Å². The van der Waals surface area contributed by atoms with Crippen LogP contribution in [-0.4, -0.2) is 17.7 Å². The summed E-state index contributed by atoms with van der Waals surface area (Å²) >= 11 is 0. The summed E-state index contributed by atoms with van der Waals surface area (Å²) in [7, 11) is 0. The minimum Gasteiger partial charge on any atom is -0.508 e. The van der Waals surface area contributed by atoms with E-state index in [2.05, 4.69) is 6.92 Å². The van der Waals surface area contributed by atoms with E-state index in [9.17, 15) is 9.90 Å². The topological polar surface area (TPSA) is 46.5 Å². The predicted molar refractivity (Wildman–Crippen MR) is 67.0 cm³/mol. The molecule has 0 spiro atoms. The van der Waals surface area contributed by atoms with Gasteiger partial charge in [0.2, 0.25) is 0 Å². The van der Waals surface area contributed by atoms with E-state index in [4.69, 9.17) is 4.74 Å². The highest BCUT2D eigenvalue weighted by atomic mass is 16.5. The van der Waals surface area contributed by atoms with Gasteiger partial charge in [-0.15, -0.1) is 0 Å². The molecule has 0 aliphatic heterocycles. The van der Waals surface area contributed by atoms with Crippen molar-refractivity contribution in [2.75, 3.05) is 6.61 Å². The number of carbonyl (C=O) groups excluding carboxylic acids is 1. The SMILES string of the molecule is CCCCC(C(=O)OCC)c1ccc(O)cc1. The van der Waals surface area contributed by atoms with Crippen molar-refractivity contribution >= 4 is 5.97 Å². The Morgan fingerprint density at radius 1 is 1.29 bits per heavy atom. The molecule has 0 aliphatic rings. The Morgan fingerprint density at radius 2 is 1.94 bits per heavy atom. The average Bonchev–Trinajstić information content (AvgIpc) is 2.32. The van der Waals surface area contributed by atoms with E-state index in [-0.39, 0.29) is 17.6 Å². The zero-order valence-electron chi connectivity index (χ0n) is 10.5. The highest BCUT2D eigenvalue weighted by Gasteiger charge is 2.21. The monoisotopic (exact) mass is 236 g/mol. The highest BCUT2D eigenvalue weighted by Crippen LogP contribution is 2.25. The number of carbonyl (C=O) groups is 1. The van der Waals surface area contributed by atoms with Crippen molar-refractivity contribution in [2.24, 2.45) is 0 Å². The van der Waals surface area contributed by atoms with Crippen LogP contribution in [0.1, 0.15) is 44.6 Å². The number of benzene rings is 1. The molecule has 1 rings (SSSR count). The van der Waals surface area contributed by atoms with Gasteiger partial charge >= 0.3 is 5.97 Å². The van der Waals surface area contributed by atoms with E-state index in [0.717, 1.165) is 24.8 Å². The Morgan fingerprint density at radius 3 is 2.47 bits per heavy atom. The number of phenolic OH excluding ortho intramolecular Hbond substituents is 1. The summed E-state index contributed by atoms with van der Waals surface area (Å²) in [5.74, 6) is -0.172. The first kappa shape index (κ1) is 13.6. The third-order valence-electron chi connectivity index (χ3n) is 2.71. The number of hydrogen-bond acceptors (Lipinski definition) is 3. The molecular weight excluding hydrogens is 216 g/mol. The Balaban J connectivity index is 2.81. The number of esters is 1. The van der Waals surface area contributed by atoms with Crippen molar-refractivity contribution in [1.82, 2.24) is 0 Å². The van der Waals surface area contributed by atoms with Crippen LogP contribution >= 0.6 is 0 Å². The number of hydrogen-bond donors (Lipinski definition) is 1. The Labute approximate surface area is 102 Å². The predicted octanol–water partition coefficient (Wildman–Crippen LogP) is 3.23. The molecule has 0 saturated carbocycles. The Kier molecular flexibility index (Phi) is 5.53. The lowest BCUT2D eigenvalue weighted by Gasteiger charge is -2.15. The van der Waals surface area contributed by atoms with E-state index >= 15 is 0 Å². The van der Waals surface area contributed by atoms with E-state index in [1.807, 2.05) is 6.92 Å². The van der Waals surface area contributed by atoms with Gasteiger partial charge in [-0.2, -0.15) is 0 Å². The van der Waals surface area contributed by atoms with Crippen molar-refractivity contribution in [3.05, 3.63) is 29.8 Å². The van der Waals surface area contributed by atoms with Gasteiger partial charge in [0.1, 0.15) is 5.75 Å². The molecular formula is C14H20O3. The Bertz CT molecular complexity index is 343. The van der Waals surface area contributed by atoms with Gasteiger partial charge in [0.15, 0.2) is 0 Å². The molecule has 3 heteroatoms. The van der Waals surface area contributed by atoms with Crippen LogP contribution in [0.25, 0.3) is 0 Å². The lowest BCUT2D eigenvalue weighted by Crippen LogP contribution is -2.16. The first-order valence-electron chi connectivity index (χ1n) is 6.14. The second-order valence-corrected chi connectivity index (χ2v) is 4.04. The second kappa shape index (κ2) is 6.94. The van der Waals surface area contributed by atoms with E-state index in [1.165, 1.54) is 0 Å². The standard InChI is InChI=1S/C14H20O3/c1-3-5-6-13(14(16)17-4-2)11-7-9-12(15)10-8-11/h7-10,13,15H,3-6H2,1-2H3. The smallest absolute Gasteiger partial charge is 0.313 e. The van der Waals surface area contributed by atoms with Gasteiger partial charge < -0.3 is 9.84 Å². The minimum absolute atomic E-state index is 0.174. The average molecular weight is 236 g/mol. The third kappa shape index (κ3) is 4.10. The van der Waals surface area contributed by atoms with Crippen LogP contribution in [0.5, 0.6) is 5.75 Å². The van der Waals surface area contributed by atoms with Crippen molar-refractivity contribution in [2.45, 2.75) is 39.0 Å². The number of ether oxygens (including phenoxy) is 1. The van der Waals surface area contributed by atoms with Crippen LogP contribution in [0.3, 0.4) is 0 Å². The third-order valence-corrected chi connectivity index (χ3v) is 2.71. The van der Waals surface area contributed by atoms with E-state index in [1.54, 1.807) is 24.3 Å². The van der Waals surface area contributed by atoms with Crippen LogP contribution in [0.2, 0.25) is 0 Å². The van der Waals surface area contributed by atoms with E-state index in [0.29, 0.717) is 6.61 Å². The molecule has 1 atom stereocenters. The minimum atomic E-state index is -0.213. The van der Waals surface area contributed by atoms with Gasteiger partial charge in [-0.3, -0.25) is 4.79 Å². The van der Waals surface area contributed by atoms with Crippen LogP contribution in [0.4, 0.5) is 0 Å². The number of aromatic hydroxyl groups is 1. The number of rotatable bonds is 6. The summed E-state index contributed by atoms with van der Waals surface area (Å²) in [5, 5.41) is 9.24. The summed E-state index contributed by atoms with van der Waals surface area (Å²) in [6, 6.07) is 6.78. The molecule has 1 unspecified atom stereocenters. The van der Waals surface area contributed by atoms with Gasteiger partial charge in [-0.05, 0) is 31.0 Å². The fraction of sp³-hybridized carbons (Fsp3) is 0.500. The molecule has 0 bridgehead atoms. The van der Waals surface area contributed by atoms with Gasteiger partial charge in [0.25, 0.3) is 0 Å². The summed E-state index contributed by atoms with van der Waals surface area (Å²) in [5.41, 5.74) is 0.912. The first-order chi connectivity index (χ1) is 8.19. The summed E-state index contributed by atoms with van der Waals surface area (Å²) in [6.07, 6.45) is 2.83. The van der Waals surface area contributed by atoms with Crippen molar-refractivity contribution in [3.8, 4) is 5.75 Å². The first-order valence-corrected chi connectivity index (χ1v) is 6.14. The van der Waals surface area contributed by atoms with E-state index < -0.39 is 0 Å². The molecule has 0 amide bonds. The Hall–Kier alpha value is -1.51. The van der Waals surface area contributed by atoms with Gasteiger partial charge in [0.05, 0.1) is 12.5 Å². The maximum absolute atomic E-state index is 11.8. The van der Waals surface area contributed by atoms with Crippen molar-refractivity contribution in [3.63, 3.8) is 0 Å². The van der Waals surface area contributed by atoms with Gasteiger partial charge in [-0.1, -0.05) is 31.9 Å². The molecule has 1 aromatic carbocycles. The molecule has 17 heavy (non-hydrogen) atoms. The molecule has 1 N–H and O–H groups in total. The van der Waals surface area contributed by atoms with Crippen molar-refractivity contribution < 1.29 is 14.6 Å². The zero-order chi connectivity index (χ0) is 12.7. The zero-order valence-corrected chi connectivity index (χ0v) is 10.5. The molecule has 0 radical (unpaired) electrons. The van der Waals surface area contributed by atoms with Gasteiger partial charge in [-0.25, -0.2) is 0 Å². The molecule has 3 nitrogen and oxygen atoms in total. The molecule has 0 heterocycles. The van der Waals surface area contributed by atoms with Crippen LogP contribution in [0.15, 0.2) is 24.3 Å². The normalized spacial score (nSPS) is 12.1. The lowest BCUT2D eigenvalue weighted by molar-refractivity contribution is -0.145. The van der Waals surface area contributed by atoms with Crippen LogP contribution in [0, 0.1) is 0 Å². The summed E-state index contributed by atoms with van der Waals surface area (Å²) in [4.78, 5) is 11.8. The molecule has 0 saturated heterocycles. The molecule has 0 aliphatic carbocycles. The van der Waals surface area contributed by atoms with Crippen LogP contribution < -0.4 is 0 Å². The fourth-order valence-corrected chi connectivity index (χ4v) is 1.78. The number of phenols is 1. The molecule has 1 aromatic rings. The summed E-state index contributed by atoms with van der Waals surface area (Å²) < 4.78 is 5.08. The number of unbranched alkanes of at least 4 members (excludes halogenated alkanes) is 1. The quantitative estimate of drug-likeness (QED) is 0.771. The maximum Gasteiger partial charge on any atom is 0.313 e. The second-order valence-electron chi connectivity index (χ2n) is 4.04. The molecule has 0 aromatic heterocycles. The largest absolute Gasteiger partial charge is 0.508 e. The molecule has 94 valence electrons. The fourth-order valence-electron chi connectivity index (χ4n) is 1.78. The molecule has 0 fully saturated rings. The lowest BCUT2D eigenvalue weighted by atomic mass is 9.93. The van der Waals surface area contributed by atoms with Crippen molar-refractivity contribution in [1.29, 1.82) is 0 Å². The maximum atomic E-state index is 11.8. The highest BCUT2D eigenvalue weighted by molar-refractivity contribution is 5.78. The van der Waals surface area contributed by atoms with Gasteiger partial charge in [0, 0.05) is 0 Å².